The molecule has 0 heterocycles. The Labute approximate surface area is 114 Å². The van der Waals surface area contributed by atoms with E-state index in [-0.39, 0.29) is 0 Å². The number of rotatable bonds is 5. The van der Waals surface area contributed by atoms with Gasteiger partial charge in [-0.3, -0.25) is 0 Å². The van der Waals surface area contributed by atoms with E-state index in [1.54, 1.807) is 0 Å². The van der Waals surface area contributed by atoms with Crippen molar-refractivity contribution in [2.75, 3.05) is 5.88 Å². The first-order valence-corrected chi connectivity index (χ1v) is 7.50. The van der Waals surface area contributed by atoms with Gasteiger partial charge in [0.1, 0.15) is 0 Å². The minimum absolute atomic E-state index is 0.585. The van der Waals surface area contributed by atoms with Crippen molar-refractivity contribution in [2.24, 2.45) is 0 Å². The number of hydrogen-bond acceptors (Lipinski definition) is 1. The number of thioether (sulfide) groups is 1. The van der Waals surface area contributed by atoms with Crippen molar-refractivity contribution in [2.45, 2.75) is 24.3 Å². The average molecular weight is 328 g/mol. The average Bonchev–Trinajstić information content (AvgIpc) is 2.17. The zero-order valence-corrected chi connectivity index (χ0v) is 12.4. The molecule has 0 spiro atoms. The van der Waals surface area contributed by atoms with Crippen LogP contribution >= 0.6 is 50.9 Å². The standard InChI is InChI=1S/C11H13BrCl2S/c1-8(4-5-13)15-7-9-2-3-10(12)6-11(9)14/h2-3,6,8H,4-5,7H2,1H3. The second kappa shape index (κ2) is 7.05. The molecule has 1 aromatic carbocycles. The molecular weight excluding hydrogens is 315 g/mol. The molecule has 1 rings (SSSR count). The van der Waals surface area contributed by atoms with Crippen molar-refractivity contribution in [1.29, 1.82) is 0 Å². The Morgan fingerprint density at radius 3 is 2.80 bits per heavy atom. The largest absolute Gasteiger partial charge is 0.154 e. The van der Waals surface area contributed by atoms with Crippen LogP contribution in [-0.2, 0) is 5.75 Å². The number of halogens is 3. The van der Waals surface area contributed by atoms with Gasteiger partial charge in [-0.1, -0.05) is 40.5 Å². The monoisotopic (exact) mass is 326 g/mol. The minimum atomic E-state index is 0.585. The Morgan fingerprint density at radius 1 is 1.47 bits per heavy atom. The van der Waals surface area contributed by atoms with Gasteiger partial charge in [-0.15, -0.1) is 11.6 Å². The maximum absolute atomic E-state index is 6.12. The summed E-state index contributed by atoms with van der Waals surface area (Å²) in [7, 11) is 0. The van der Waals surface area contributed by atoms with Crippen LogP contribution in [0.15, 0.2) is 22.7 Å². The minimum Gasteiger partial charge on any atom is -0.154 e. The van der Waals surface area contributed by atoms with Crippen molar-refractivity contribution in [3.8, 4) is 0 Å². The number of benzene rings is 1. The lowest BCUT2D eigenvalue weighted by molar-refractivity contribution is 0.912. The van der Waals surface area contributed by atoms with Gasteiger partial charge in [0.15, 0.2) is 0 Å². The lowest BCUT2D eigenvalue weighted by atomic mass is 10.2. The van der Waals surface area contributed by atoms with Gasteiger partial charge in [0, 0.05) is 26.4 Å². The molecule has 0 radical (unpaired) electrons. The van der Waals surface area contributed by atoms with Crippen LogP contribution in [0.25, 0.3) is 0 Å². The summed E-state index contributed by atoms with van der Waals surface area (Å²) in [4.78, 5) is 0. The molecule has 1 atom stereocenters. The smallest absolute Gasteiger partial charge is 0.0457 e. The Hall–Kier alpha value is 0.630. The highest BCUT2D eigenvalue weighted by Gasteiger charge is 2.05. The molecule has 0 nitrogen and oxygen atoms in total. The predicted molar refractivity (Wildman–Crippen MR) is 75.2 cm³/mol. The summed E-state index contributed by atoms with van der Waals surface area (Å²) in [6.45, 7) is 2.19. The predicted octanol–water partition coefficient (Wildman–Crippen LogP) is 5.35. The van der Waals surface area contributed by atoms with Crippen LogP contribution in [0.1, 0.15) is 18.9 Å². The van der Waals surface area contributed by atoms with E-state index in [1.807, 2.05) is 23.9 Å². The highest BCUT2D eigenvalue weighted by molar-refractivity contribution is 9.10. The fourth-order valence-electron chi connectivity index (χ4n) is 1.11. The van der Waals surface area contributed by atoms with E-state index >= 15 is 0 Å². The molecule has 0 N–H and O–H groups in total. The first-order chi connectivity index (χ1) is 7.13. The summed E-state index contributed by atoms with van der Waals surface area (Å²) < 4.78 is 1.02. The third kappa shape index (κ3) is 4.99. The summed E-state index contributed by atoms with van der Waals surface area (Å²) in [6.07, 6.45) is 1.04. The molecule has 1 aromatic rings. The molecule has 4 heteroatoms. The van der Waals surface area contributed by atoms with Crippen LogP contribution in [0.4, 0.5) is 0 Å². The molecule has 0 aliphatic rings. The van der Waals surface area contributed by atoms with E-state index in [0.29, 0.717) is 5.25 Å². The van der Waals surface area contributed by atoms with Crippen LogP contribution in [0.3, 0.4) is 0 Å². The maximum Gasteiger partial charge on any atom is 0.0457 e. The van der Waals surface area contributed by atoms with Crippen molar-refractivity contribution >= 4 is 50.9 Å². The number of alkyl halides is 1. The molecule has 0 saturated carbocycles. The van der Waals surface area contributed by atoms with E-state index < -0.39 is 0 Å². The summed E-state index contributed by atoms with van der Waals surface area (Å²) in [6, 6.07) is 6.02. The van der Waals surface area contributed by atoms with Gasteiger partial charge in [0.2, 0.25) is 0 Å². The number of hydrogen-bond donors (Lipinski definition) is 0. The molecule has 0 fully saturated rings. The van der Waals surface area contributed by atoms with Gasteiger partial charge in [-0.25, -0.2) is 0 Å². The zero-order chi connectivity index (χ0) is 11.3. The lowest BCUT2D eigenvalue weighted by Gasteiger charge is -2.10. The molecule has 0 saturated heterocycles. The molecule has 1 unspecified atom stereocenters. The first-order valence-electron chi connectivity index (χ1n) is 4.75. The van der Waals surface area contributed by atoms with Crippen molar-refractivity contribution in [3.63, 3.8) is 0 Å². The molecule has 0 aliphatic carbocycles. The highest BCUT2D eigenvalue weighted by Crippen LogP contribution is 2.27. The van der Waals surface area contributed by atoms with E-state index in [9.17, 15) is 0 Å². The molecular formula is C11H13BrCl2S. The van der Waals surface area contributed by atoms with Crippen LogP contribution < -0.4 is 0 Å². The van der Waals surface area contributed by atoms with Crippen molar-refractivity contribution < 1.29 is 0 Å². The fraction of sp³-hybridized carbons (Fsp3) is 0.455. The van der Waals surface area contributed by atoms with Crippen LogP contribution in [0, 0.1) is 0 Å². The molecule has 84 valence electrons. The Bertz CT molecular complexity index is 317. The van der Waals surface area contributed by atoms with Crippen LogP contribution in [0.2, 0.25) is 5.02 Å². The lowest BCUT2D eigenvalue weighted by Crippen LogP contribution is -1.97. The van der Waals surface area contributed by atoms with Crippen molar-refractivity contribution in [3.05, 3.63) is 33.3 Å². The van der Waals surface area contributed by atoms with E-state index in [2.05, 4.69) is 28.9 Å². The highest BCUT2D eigenvalue weighted by atomic mass is 79.9. The molecule has 0 bridgehead atoms. The first kappa shape index (κ1) is 13.7. The Balaban J connectivity index is 2.50. The van der Waals surface area contributed by atoms with Gasteiger partial charge in [-0.2, -0.15) is 11.8 Å². The third-order valence-electron chi connectivity index (χ3n) is 2.05. The van der Waals surface area contributed by atoms with Crippen LogP contribution in [-0.4, -0.2) is 11.1 Å². The molecule has 0 amide bonds. The van der Waals surface area contributed by atoms with Gasteiger partial charge >= 0.3 is 0 Å². The summed E-state index contributed by atoms with van der Waals surface area (Å²) in [5.41, 5.74) is 1.19. The SMILES string of the molecule is CC(CCCl)SCc1ccc(Br)cc1Cl. The zero-order valence-electron chi connectivity index (χ0n) is 8.47. The van der Waals surface area contributed by atoms with E-state index in [4.69, 9.17) is 23.2 Å². The second-order valence-electron chi connectivity index (χ2n) is 3.34. The quantitative estimate of drug-likeness (QED) is 0.656. The third-order valence-corrected chi connectivity index (χ3v) is 4.40. The molecule has 0 aromatic heterocycles. The van der Waals surface area contributed by atoms with Crippen LogP contribution in [0.5, 0.6) is 0 Å². The Morgan fingerprint density at radius 2 is 2.20 bits per heavy atom. The summed E-state index contributed by atoms with van der Waals surface area (Å²) in [5, 5.41) is 1.41. The second-order valence-corrected chi connectivity index (χ2v) is 6.46. The topological polar surface area (TPSA) is 0 Å². The fourth-order valence-corrected chi connectivity index (χ4v) is 3.38. The van der Waals surface area contributed by atoms with Gasteiger partial charge in [-0.05, 0) is 24.1 Å². The Kier molecular flexibility index (Phi) is 6.44. The van der Waals surface area contributed by atoms with E-state index in [0.717, 1.165) is 27.5 Å². The summed E-state index contributed by atoms with van der Waals surface area (Å²) >= 11 is 17.1. The molecule has 0 aliphatic heterocycles. The van der Waals surface area contributed by atoms with E-state index in [1.165, 1.54) is 5.56 Å². The van der Waals surface area contributed by atoms with Gasteiger partial charge < -0.3 is 0 Å². The van der Waals surface area contributed by atoms with Gasteiger partial charge in [0.25, 0.3) is 0 Å². The normalized spacial score (nSPS) is 12.8. The van der Waals surface area contributed by atoms with Gasteiger partial charge in [0.05, 0.1) is 0 Å². The summed E-state index contributed by atoms with van der Waals surface area (Å²) in [5.74, 6) is 1.67. The molecule has 15 heavy (non-hydrogen) atoms. The maximum atomic E-state index is 6.12. The van der Waals surface area contributed by atoms with Crippen molar-refractivity contribution in [1.82, 2.24) is 0 Å².